The molecular formula is C13H28N2O. The van der Waals surface area contributed by atoms with Gasteiger partial charge in [-0.05, 0) is 26.4 Å². The molecule has 0 aromatic heterocycles. The van der Waals surface area contributed by atoms with Gasteiger partial charge in [0.2, 0.25) is 0 Å². The third kappa shape index (κ3) is 3.72. The highest BCUT2D eigenvalue weighted by molar-refractivity contribution is 4.85. The highest BCUT2D eigenvalue weighted by Gasteiger charge is 2.29. The van der Waals surface area contributed by atoms with Crippen LogP contribution in [0.1, 0.15) is 33.1 Å². The van der Waals surface area contributed by atoms with Gasteiger partial charge in [-0.15, -0.1) is 0 Å². The van der Waals surface area contributed by atoms with Gasteiger partial charge in [-0.2, -0.15) is 0 Å². The maximum Gasteiger partial charge on any atom is 0.0710 e. The van der Waals surface area contributed by atoms with Crippen LogP contribution in [0.4, 0.5) is 0 Å². The minimum absolute atomic E-state index is 0.169. The average Bonchev–Trinajstić information content (AvgIpc) is 2.28. The fourth-order valence-electron chi connectivity index (χ4n) is 2.58. The Hall–Kier alpha value is -0.120. The second kappa shape index (κ2) is 6.58. The van der Waals surface area contributed by atoms with Crippen molar-refractivity contribution in [1.82, 2.24) is 9.80 Å². The monoisotopic (exact) mass is 228 g/mol. The number of aliphatic hydroxyl groups is 1. The maximum atomic E-state index is 10.3. The van der Waals surface area contributed by atoms with E-state index in [0.29, 0.717) is 12.0 Å². The van der Waals surface area contributed by atoms with Crippen LogP contribution in [0.15, 0.2) is 0 Å². The van der Waals surface area contributed by atoms with Crippen molar-refractivity contribution in [3.05, 3.63) is 0 Å². The minimum atomic E-state index is -0.169. The molecule has 1 rings (SSSR count). The van der Waals surface area contributed by atoms with Crippen LogP contribution in [0.25, 0.3) is 0 Å². The Morgan fingerprint density at radius 2 is 1.81 bits per heavy atom. The van der Waals surface area contributed by atoms with Crippen LogP contribution < -0.4 is 0 Å². The van der Waals surface area contributed by atoms with Gasteiger partial charge in [0.25, 0.3) is 0 Å². The predicted molar refractivity (Wildman–Crippen MR) is 68.6 cm³/mol. The molecule has 0 radical (unpaired) electrons. The van der Waals surface area contributed by atoms with E-state index in [-0.39, 0.29) is 6.10 Å². The molecule has 0 aromatic carbocycles. The summed E-state index contributed by atoms with van der Waals surface area (Å²) in [6, 6.07) is 0.319. The molecule has 2 unspecified atom stereocenters. The minimum Gasteiger partial charge on any atom is -0.391 e. The number of hydrogen-bond donors (Lipinski definition) is 1. The molecule has 0 aliphatic carbocycles. The summed E-state index contributed by atoms with van der Waals surface area (Å²) in [4.78, 5) is 4.63. The van der Waals surface area contributed by atoms with Gasteiger partial charge in [0.1, 0.15) is 0 Å². The van der Waals surface area contributed by atoms with Crippen molar-refractivity contribution in [1.29, 1.82) is 0 Å². The van der Waals surface area contributed by atoms with Crippen molar-refractivity contribution in [2.45, 2.75) is 45.3 Å². The van der Waals surface area contributed by atoms with Gasteiger partial charge in [-0.1, -0.05) is 26.7 Å². The molecule has 1 N–H and O–H groups in total. The second-order valence-corrected chi connectivity index (χ2v) is 5.30. The van der Waals surface area contributed by atoms with Crippen LogP contribution in [0.2, 0.25) is 0 Å². The van der Waals surface area contributed by atoms with E-state index >= 15 is 0 Å². The Morgan fingerprint density at radius 3 is 2.38 bits per heavy atom. The summed E-state index contributed by atoms with van der Waals surface area (Å²) in [5.74, 6) is 0.677. The highest BCUT2D eigenvalue weighted by atomic mass is 16.3. The highest BCUT2D eigenvalue weighted by Crippen LogP contribution is 2.20. The van der Waals surface area contributed by atoms with E-state index in [9.17, 15) is 5.11 Å². The first-order valence-corrected chi connectivity index (χ1v) is 6.65. The van der Waals surface area contributed by atoms with Crippen LogP contribution >= 0.6 is 0 Å². The van der Waals surface area contributed by atoms with Crippen molar-refractivity contribution in [2.24, 2.45) is 5.92 Å². The molecule has 0 aromatic rings. The molecule has 3 nitrogen and oxygen atoms in total. The van der Waals surface area contributed by atoms with E-state index in [1.165, 1.54) is 12.8 Å². The maximum absolute atomic E-state index is 10.3. The quantitative estimate of drug-likeness (QED) is 0.771. The Balaban J connectivity index is 2.47. The molecule has 1 heterocycles. The Morgan fingerprint density at radius 1 is 1.19 bits per heavy atom. The molecule has 1 fully saturated rings. The standard InChI is InChI=1S/C13H28N2O/c1-5-11(6-2)9-13(16)12-10-14(3)7-8-15(12)4/h11-13,16H,5-10H2,1-4H3. The number of aliphatic hydroxyl groups excluding tert-OH is 1. The van der Waals surface area contributed by atoms with Gasteiger partial charge in [0.05, 0.1) is 6.10 Å². The summed E-state index contributed by atoms with van der Waals surface area (Å²) in [6.07, 6.45) is 3.15. The molecule has 0 bridgehead atoms. The van der Waals surface area contributed by atoms with Crippen molar-refractivity contribution in [2.75, 3.05) is 33.7 Å². The lowest BCUT2D eigenvalue weighted by Gasteiger charge is -2.40. The smallest absolute Gasteiger partial charge is 0.0710 e. The molecule has 1 aliphatic rings. The fraction of sp³-hybridized carbons (Fsp3) is 1.00. The van der Waals surface area contributed by atoms with Gasteiger partial charge in [-0.25, -0.2) is 0 Å². The zero-order valence-electron chi connectivity index (χ0n) is 11.3. The summed E-state index contributed by atoms with van der Waals surface area (Å²) < 4.78 is 0. The van der Waals surface area contributed by atoms with Gasteiger partial charge < -0.3 is 10.0 Å². The van der Waals surface area contributed by atoms with Crippen molar-refractivity contribution < 1.29 is 5.11 Å². The van der Waals surface area contributed by atoms with E-state index in [0.717, 1.165) is 26.1 Å². The van der Waals surface area contributed by atoms with Crippen molar-refractivity contribution in [3.63, 3.8) is 0 Å². The summed E-state index contributed by atoms with van der Waals surface area (Å²) in [7, 11) is 4.28. The molecular weight excluding hydrogens is 200 g/mol. The molecule has 0 saturated carbocycles. The van der Waals surface area contributed by atoms with Gasteiger partial charge in [0.15, 0.2) is 0 Å². The van der Waals surface area contributed by atoms with Gasteiger partial charge in [-0.3, -0.25) is 4.90 Å². The van der Waals surface area contributed by atoms with Gasteiger partial charge in [0, 0.05) is 25.7 Å². The van der Waals surface area contributed by atoms with E-state index in [4.69, 9.17) is 0 Å². The first-order valence-electron chi connectivity index (χ1n) is 6.65. The van der Waals surface area contributed by atoms with Crippen LogP contribution in [0, 0.1) is 5.92 Å². The largest absolute Gasteiger partial charge is 0.391 e. The number of piperazine rings is 1. The summed E-state index contributed by atoms with van der Waals surface area (Å²) >= 11 is 0. The lowest BCUT2D eigenvalue weighted by molar-refractivity contribution is 0.00244. The molecule has 16 heavy (non-hydrogen) atoms. The average molecular weight is 228 g/mol. The van der Waals surface area contributed by atoms with Crippen molar-refractivity contribution >= 4 is 0 Å². The lowest BCUT2D eigenvalue weighted by atomic mass is 9.92. The van der Waals surface area contributed by atoms with Gasteiger partial charge >= 0.3 is 0 Å². The van der Waals surface area contributed by atoms with Crippen LogP contribution in [-0.2, 0) is 0 Å². The van der Waals surface area contributed by atoms with E-state index in [1.54, 1.807) is 0 Å². The first kappa shape index (κ1) is 13.9. The number of rotatable bonds is 5. The Kier molecular flexibility index (Phi) is 5.73. The molecule has 1 saturated heterocycles. The fourth-order valence-corrected chi connectivity index (χ4v) is 2.58. The Bertz CT molecular complexity index is 194. The predicted octanol–water partition coefficient (Wildman–Crippen LogP) is 1.42. The lowest BCUT2D eigenvalue weighted by Crippen LogP contribution is -2.55. The molecule has 96 valence electrons. The summed E-state index contributed by atoms with van der Waals surface area (Å²) in [5, 5.41) is 10.3. The summed E-state index contributed by atoms with van der Waals surface area (Å²) in [5.41, 5.74) is 0. The number of hydrogen-bond acceptors (Lipinski definition) is 3. The second-order valence-electron chi connectivity index (χ2n) is 5.30. The summed E-state index contributed by atoms with van der Waals surface area (Å²) in [6.45, 7) is 7.62. The molecule has 2 atom stereocenters. The van der Waals surface area contributed by atoms with Crippen molar-refractivity contribution in [3.8, 4) is 0 Å². The molecule has 1 aliphatic heterocycles. The molecule has 3 heteroatoms. The molecule has 0 amide bonds. The van der Waals surface area contributed by atoms with E-state index in [1.807, 2.05) is 0 Å². The van der Waals surface area contributed by atoms with E-state index in [2.05, 4.69) is 37.7 Å². The zero-order valence-corrected chi connectivity index (χ0v) is 11.3. The third-order valence-corrected chi connectivity index (χ3v) is 4.07. The SMILES string of the molecule is CCC(CC)CC(O)C1CN(C)CCN1C. The zero-order chi connectivity index (χ0) is 12.1. The number of likely N-dealkylation sites (N-methyl/N-ethyl adjacent to an activating group) is 2. The topological polar surface area (TPSA) is 26.7 Å². The van der Waals surface area contributed by atoms with Crippen LogP contribution in [-0.4, -0.2) is 60.8 Å². The van der Waals surface area contributed by atoms with Crippen LogP contribution in [0.3, 0.4) is 0 Å². The molecule has 0 spiro atoms. The number of nitrogens with zero attached hydrogens (tertiary/aromatic N) is 2. The third-order valence-electron chi connectivity index (χ3n) is 4.07. The Labute approximate surface area is 100 Å². The van der Waals surface area contributed by atoms with E-state index < -0.39 is 0 Å². The first-order chi connectivity index (χ1) is 7.58. The normalized spacial score (nSPS) is 26.2. The van der Waals surface area contributed by atoms with Crippen LogP contribution in [0.5, 0.6) is 0 Å².